The zero-order valence-electron chi connectivity index (χ0n) is 12.5. The molecule has 1 atom stereocenters. The molecule has 1 aromatic carbocycles. The fourth-order valence-electron chi connectivity index (χ4n) is 2.52. The number of hydrogen-bond acceptors (Lipinski definition) is 3. The SMILES string of the molecule is C=C(C)COc1ccc(C(=O)N2CCCCC2CO)cc1. The number of amides is 1. The van der Waals surface area contributed by atoms with Crippen LogP contribution in [0.3, 0.4) is 0 Å². The van der Waals surface area contributed by atoms with Crippen LogP contribution >= 0.6 is 0 Å². The van der Waals surface area contributed by atoms with Crippen molar-refractivity contribution in [2.45, 2.75) is 32.2 Å². The molecule has 1 aliphatic heterocycles. The fourth-order valence-corrected chi connectivity index (χ4v) is 2.52. The minimum atomic E-state index is -0.0504. The number of nitrogens with zero attached hydrogens (tertiary/aromatic N) is 1. The largest absolute Gasteiger partial charge is 0.489 e. The summed E-state index contributed by atoms with van der Waals surface area (Å²) in [6.07, 6.45) is 2.95. The molecule has 114 valence electrons. The predicted molar refractivity (Wildman–Crippen MR) is 82.5 cm³/mol. The number of aliphatic hydroxyl groups is 1. The lowest BCUT2D eigenvalue weighted by molar-refractivity contribution is 0.0503. The van der Waals surface area contributed by atoms with Crippen LogP contribution in [-0.4, -0.2) is 41.7 Å². The molecule has 2 rings (SSSR count). The number of carbonyl (C=O) groups is 1. The molecule has 1 N–H and O–H groups in total. The first-order chi connectivity index (χ1) is 10.1. The summed E-state index contributed by atoms with van der Waals surface area (Å²) in [6, 6.07) is 7.10. The first-order valence-electron chi connectivity index (χ1n) is 7.41. The lowest BCUT2D eigenvalue weighted by atomic mass is 10.0. The van der Waals surface area contributed by atoms with Crippen molar-refractivity contribution < 1.29 is 14.6 Å². The molecule has 1 aliphatic rings. The van der Waals surface area contributed by atoms with E-state index in [2.05, 4.69) is 6.58 Å². The van der Waals surface area contributed by atoms with Crippen molar-refractivity contribution in [3.63, 3.8) is 0 Å². The van der Waals surface area contributed by atoms with Gasteiger partial charge in [0.25, 0.3) is 5.91 Å². The van der Waals surface area contributed by atoms with Crippen molar-refractivity contribution in [2.75, 3.05) is 19.8 Å². The summed E-state index contributed by atoms with van der Waals surface area (Å²) in [5.41, 5.74) is 1.59. The lowest BCUT2D eigenvalue weighted by Crippen LogP contribution is -2.45. The normalized spacial score (nSPS) is 18.4. The molecular formula is C17H23NO3. The molecule has 0 aliphatic carbocycles. The molecule has 0 aromatic heterocycles. The third-order valence-electron chi connectivity index (χ3n) is 3.69. The van der Waals surface area contributed by atoms with Gasteiger partial charge in [-0.15, -0.1) is 0 Å². The van der Waals surface area contributed by atoms with E-state index in [-0.39, 0.29) is 18.6 Å². The summed E-state index contributed by atoms with van der Waals surface area (Å²) in [4.78, 5) is 14.3. The molecule has 1 aromatic rings. The zero-order chi connectivity index (χ0) is 15.2. The standard InChI is InChI=1S/C17H23NO3/c1-13(2)12-21-16-8-6-14(7-9-16)17(20)18-10-4-3-5-15(18)11-19/h6-9,15,19H,1,3-5,10-12H2,2H3. The van der Waals surface area contributed by atoms with Gasteiger partial charge in [-0.2, -0.15) is 0 Å². The molecule has 4 nitrogen and oxygen atoms in total. The average molecular weight is 289 g/mol. The number of carbonyl (C=O) groups excluding carboxylic acids is 1. The van der Waals surface area contributed by atoms with E-state index in [0.717, 1.165) is 37.1 Å². The van der Waals surface area contributed by atoms with Crippen LogP contribution < -0.4 is 4.74 Å². The van der Waals surface area contributed by atoms with Crippen LogP contribution in [0.25, 0.3) is 0 Å². The van der Waals surface area contributed by atoms with Crippen LogP contribution in [0, 0.1) is 0 Å². The molecule has 1 unspecified atom stereocenters. The first-order valence-corrected chi connectivity index (χ1v) is 7.41. The monoisotopic (exact) mass is 289 g/mol. The third kappa shape index (κ3) is 4.08. The average Bonchev–Trinajstić information content (AvgIpc) is 2.52. The first kappa shape index (κ1) is 15.6. The number of ether oxygens (including phenoxy) is 1. The molecule has 1 saturated heterocycles. The Bertz CT molecular complexity index is 495. The van der Waals surface area contributed by atoms with Crippen molar-refractivity contribution in [3.8, 4) is 5.75 Å². The zero-order valence-corrected chi connectivity index (χ0v) is 12.5. The van der Waals surface area contributed by atoms with Gasteiger partial charge >= 0.3 is 0 Å². The van der Waals surface area contributed by atoms with E-state index in [4.69, 9.17) is 4.74 Å². The number of benzene rings is 1. The van der Waals surface area contributed by atoms with E-state index in [1.54, 1.807) is 29.2 Å². The predicted octanol–water partition coefficient (Wildman–Crippen LogP) is 2.63. The van der Waals surface area contributed by atoms with Crippen LogP contribution in [0.15, 0.2) is 36.4 Å². The van der Waals surface area contributed by atoms with Crippen molar-refractivity contribution in [2.24, 2.45) is 0 Å². The molecule has 4 heteroatoms. The van der Waals surface area contributed by atoms with Gasteiger partial charge in [-0.3, -0.25) is 4.79 Å². The maximum atomic E-state index is 12.5. The molecule has 1 amide bonds. The van der Waals surface area contributed by atoms with Gasteiger partial charge < -0.3 is 14.7 Å². The Morgan fingerprint density at radius 1 is 1.38 bits per heavy atom. The molecular weight excluding hydrogens is 266 g/mol. The lowest BCUT2D eigenvalue weighted by Gasteiger charge is -2.34. The number of aliphatic hydroxyl groups excluding tert-OH is 1. The van der Waals surface area contributed by atoms with Gasteiger partial charge in [-0.05, 0) is 56.0 Å². The Labute approximate surface area is 126 Å². The van der Waals surface area contributed by atoms with Crippen LogP contribution in [0.2, 0.25) is 0 Å². The van der Waals surface area contributed by atoms with Gasteiger partial charge in [0.15, 0.2) is 0 Å². The van der Waals surface area contributed by atoms with Crippen LogP contribution in [0.5, 0.6) is 5.75 Å². The van der Waals surface area contributed by atoms with Gasteiger partial charge in [0.1, 0.15) is 12.4 Å². The number of hydrogen-bond donors (Lipinski definition) is 1. The van der Waals surface area contributed by atoms with Gasteiger partial charge in [0.05, 0.1) is 12.6 Å². The summed E-state index contributed by atoms with van der Waals surface area (Å²) in [6.45, 7) is 6.92. The van der Waals surface area contributed by atoms with Crippen LogP contribution in [-0.2, 0) is 0 Å². The van der Waals surface area contributed by atoms with Crippen molar-refractivity contribution in [3.05, 3.63) is 42.0 Å². The highest BCUT2D eigenvalue weighted by molar-refractivity contribution is 5.94. The summed E-state index contributed by atoms with van der Waals surface area (Å²) in [7, 11) is 0. The number of piperidine rings is 1. The topological polar surface area (TPSA) is 49.8 Å². The molecule has 21 heavy (non-hydrogen) atoms. The second-order valence-electron chi connectivity index (χ2n) is 5.60. The van der Waals surface area contributed by atoms with Gasteiger partial charge in [0, 0.05) is 12.1 Å². The molecule has 0 bridgehead atoms. The molecule has 0 radical (unpaired) electrons. The van der Waals surface area contributed by atoms with Crippen molar-refractivity contribution in [1.29, 1.82) is 0 Å². The minimum Gasteiger partial charge on any atom is -0.489 e. The van der Waals surface area contributed by atoms with Gasteiger partial charge in [-0.25, -0.2) is 0 Å². The van der Waals surface area contributed by atoms with E-state index in [1.807, 2.05) is 6.92 Å². The fraction of sp³-hybridized carbons (Fsp3) is 0.471. The van der Waals surface area contributed by atoms with E-state index in [1.165, 1.54) is 0 Å². The van der Waals surface area contributed by atoms with Crippen LogP contribution in [0.1, 0.15) is 36.5 Å². The quantitative estimate of drug-likeness (QED) is 0.848. The summed E-state index contributed by atoms with van der Waals surface area (Å²) < 4.78 is 5.53. The Morgan fingerprint density at radius 2 is 2.10 bits per heavy atom. The van der Waals surface area contributed by atoms with E-state index in [0.29, 0.717) is 12.2 Å². The highest BCUT2D eigenvalue weighted by atomic mass is 16.5. The Hall–Kier alpha value is -1.81. The summed E-state index contributed by atoms with van der Waals surface area (Å²) >= 11 is 0. The third-order valence-corrected chi connectivity index (χ3v) is 3.69. The molecule has 0 spiro atoms. The maximum absolute atomic E-state index is 12.5. The minimum absolute atomic E-state index is 0.0137. The summed E-state index contributed by atoms with van der Waals surface area (Å²) in [5, 5.41) is 9.40. The second kappa shape index (κ2) is 7.27. The highest BCUT2D eigenvalue weighted by Crippen LogP contribution is 2.21. The Kier molecular flexibility index (Phi) is 5.39. The number of rotatable bonds is 5. The molecule has 1 fully saturated rings. The van der Waals surface area contributed by atoms with E-state index < -0.39 is 0 Å². The summed E-state index contributed by atoms with van der Waals surface area (Å²) in [5.74, 6) is 0.715. The van der Waals surface area contributed by atoms with Gasteiger partial charge in [-0.1, -0.05) is 6.58 Å². The second-order valence-corrected chi connectivity index (χ2v) is 5.60. The number of likely N-dealkylation sites (tertiary alicyclic amines) is 1. The maximum Gasteiger partial charge on any atom is 0.254 e. The smallest absolute Gasteiger partial charge is 0.254 e. The molecule has 1 heterocycles. The van der Waals surface area contributed by atoms with Crippen LogP contribution in [0.4, 0.5) is 0 Å². The van der Waals surface area contributed by atoms with Gasteiger partial charge in [0.2, 0.25) is 0 Å². The van der Waals surface area contributed by atoms with E-state index in [9.17, 15) is 9.90 Å². The molecule has 0 saturated carbocycles. The highest BCUT2D eigenvalue weighted by Gasteiger charge is 2.26. The Balaban J connectivity index is 2.03. The Morgan fingerprint density at radius 3 is 2.71 bits per heavy atom. The van der Waals surface area contributed by atoms with E-state index >= 15 is 0 Å². The van der Waals surface area contributed by atoms with Crippen molar-refractivity contribution in [1.82, 2.24) is 4.90 Å². The van der Waals surface area contributed by atoms with Crippen molar-refractivity contribution >= 4 is 5.91 Å².